The Morgan fingerprint density at radius 1 is 1.56 bits per heavy atom. The second-order valence-corrected chi connectivity index (χ2v) is 4.55. The summed E-state index contributed by atoms with van der Waals surface area (Å²) in [5.41, 5.74) is 1.02. The molecule has 6 heteroatoms. The average Bonchev–Trinajstić information content (AvgIpc) is 2.63. The number of nitrogens with zero attached hydrogens (tertiary/aromatic N) is 1. The quantitative estimate of drug-likeness (QED) is 0.838. The number of aryl methyl sites for hydroxylation is 1. The minimum Gasteiger partial charge on any atom is -0.335 e. The summed E-state index contributed by atoms with van der Waals surface area (Å²) in [6.07, 6.45) is 0. The van der Waals surface area contributed by atoms with E-state index in [-0.39, 0.29) is 24.2 Å². The maximum absolute atomic E-state index is 11.6. The third-order valence-corrected chi connectivity index (χ3v) is 3.20. The van der Waals surface area contributed by atoms with E-state index in [0.717, 1.165) is 10.6 Å². The van der Waals surface area contributed by atoms with E-state index in [2.05, 4.69) is 5.32 Å². The summed E-state index contributed by atoms with van der Waals surface area (Å²) in [5, 5.41) is 5.46. The number of anilines is 1. The molecule has 1 heterocycles. The van der Waals surface area contributed by atoms with Crippen molar-refractivity contribution in [1.82, 2.24) is 4.90 Å². The Labute approximate surface area is 103 Å². The van der Waals surface area contributed by atoms with E-state index in [9.17, 15) is 9.59 Å². The average molecular weight is 261 g/mol. The van der Waals surface area contributed by atoms with Crippen molar-refractivity contribution in [2.24, 2.45) is 0 Å². The van der Waals surface area contributed by atoms with Crippen LogP contribution in [0, 0.1) is 6.92 Å². The highest BCUT2D eigenvalue weighted by atomic mass is 35.5. The normalized spacial score (nSPS) is 9.94. The van der Waals surface area contributed by atoms with E-state index in [0.29, 0.717) is 0 Å². The van der Waals surface area contributed by atoms with Crippen molar-refractivity contribution in [3.8, 4) is 0 Å². The lowest BCUT2D eigenvalue weighted by Crippen LogP contribution is -2.35. The first-order valence-electron chi connectivity index (χ1n) is 4.68. The van der Waals surface area contributed by atoms with Crippen LogP contribution in [0.3, 0.4) is 0 Å². The fourth-order valence-corrected chi connectivity index (χ4v) is 2.11. The maximum Gasteiger partial charge on any atom is 0.244 e. The third-order valence-electron chi connectivity index (χ3n) is 2.04. The summed E-state index contributed by atoms with van der Waals surface area (Å²) in [7, 11) is 1.55. The van der Waals surface area contributed by atoms with Gasteiger partial charge in [-0.05, 0) is 23.9 Å². The zero-order chi connectivity index (χ0) is 12.1. The Morgan fingerprint density at radius 2 is 2.25 bits per heavy atom. The van der Waals surface area contributed by atoms with Crippen LogP contribution >= 0.6 is 22.9 Å². The highest BCUT2D eigenvalue weighted by Crippen LogP contribution is 2.21. The van der Waals surface area contributed by atoms with Gasteiger partial charge < -0.3 is 10.2 Å². The molecule has 4 nitrogen and oxygen atoms in total. The van der Waals surface area contributed by atoms with Gasteiger partial charge in [-0.3, -0.25) is 9.59 Å². The third kappa shape index (κ3) is 3.50. The van der Waals surface area contributed by atoms with E-state index < -0.39 is 0 Å². The summed E-state index contributed by atoms with van der Waals surface area (Å²) in [4.78, 5) is 24.0. The fourth-order valence-electron chi connectivity index (χ4n) is 1.07. The summed E-state index contributed by atoms with van der Waals surface area (Å²) in [5.74, 6) is -0.590. The van der Waals surface area contributed by atoms with Crippen LogP contribution in [0.4, 0.5) is 5.00 Å². The van der Waals surface area contributed by atoms with Crippen molar-refractivity contribution in [2.45, 2.75) is 6.92 Å². The number of amides is 2. The first-order chi connectivity index (χ1) is 7.54. The Bertz CT molecular complexity index is 392. The van der Waals surface area contributed by atoms with Gasteiger partial charge in [0.2, 0.25) is 11.8 Å². The molecule has 1 N–H and O–H groups in total. The van der Waals surface area contributed by atoms with Crippen LogP contribution < -0.4 is 5.32 Å². The minimum absolute atomic E-state index is 0.0168. The first-order valence-corrected chi connectivity index (χ1v) is 6.10. The molecule has 0 aromatic carbocycles. The topological polar surface area (TPSA) is 49.4 Å². The molecule has 2 amide bonds. The van der Waals surface area contributed by atoms with Crippen molar-refractivity contribution in [3.63, 3.8) is 0 Å². The Kier molecular flexibility index (Phi) is 4.76. The van der Waals surface area contributed by atoms with Gasteiger partial charge in [0.1, 0.15) is 5.88 Å². The van der Waals surface area contributed by atoms with Crippen molar-refractivity contribution in [1.29, 1.82) is 0 Å². The van der Waals surface area contributed by atoms with Crippen LogP contribution in [0.25, 0.3) is 0 Å². The van der Waals surface area contributed by atoms with Gasteiger partial charge in [0.15, 0.2) is 0 Å². The predicted molar refractivity (Wildman–Crippen MR) is 66.0 cm³/mol. The molecule has 0 radical (unpaired) electrons. The van der Waals surface area contributed by atoms with E-state index in [1.165, 1.54) is 16.2 Å². The summed E-state index contributed by atoms with van der Waals surface area (Å²) >= 11 is 6.84. The molecule has 16 heavy (non-hydrogen) atoms. The molecule has 0 fully saturated rings. The van der Waals surface area contributed by atoms with Crippen LogP contribution in [0.2, 0.25) is 0 Å². The number of thiophene rings is 1. The van der Waals surface area contributed by atoms with Gasteiger partial charge in [0.25, 0.3) is 0 Å². The molecular formula is C10H13ClN2O2S. The Hall–Kier alpha value is -1.07. The zero-order valence-corrected chi connectivity index (χ0v) is 10.7. The van der Waals surface area contributed by atoms with Gasteiger partial charge in [-0.2, -0.15) is 0 Å². The number of halogens is 1. The highest BCUT2D eigenvalue weighted by molar-refractivity contribution is 7.14. The van der Waals surface area contributed by atoms with Gasteiger partial charge in [-0.15, -0.1) is 22.9 Å². The van der Waals surface area contributed by atoms with Crippen LogP contribution in [0.5, 0.6) is 0 Å². The molecule has 0 saturated heterocycles. The monoisotopic (exact) mass is 260 g/mol. The van der Waals surface area contributed by atoms with Gasteiger partial charge in [-0.1, -0.05) is 0 Å². The molecule has 0 aliphatic rings. The first kappa shape index (κ1) is 13.0. The molecule has 1 aromatic rings. The Morgan fingerprint density at radius 3 is 2.75 bits per heavy atom. The van der Waals surface area contributed by atoms with E-state index in [4.69, 9.17) is 11.6 Å². The zero-order valence-electron chi connectivity index (χ0n) is 9.12. The standard InChI is InChI=1S/C10H13ClN2O2S/c1-7-3-4-16-10(7)12-8(14)6-13(2)9(15)5-11/h3-4H,5-6H2,1-2H3,(H,12,14). The molecule has 1 aromatic heterocycles. The number of nitrogens with one attached hydrogen (secondary N) is 1. The van der Waals surface area contributed by atoms with Gasteiger partial charge in [0, 0.05) is 7.05 Å². The van der Waals surface area contributed by atoms with Crippen molar-refractivity contribution in [2.75, 3.05) is 24.8 Å². The molecule has 0 saturated carbocycles. The molecule has 0 aliphatic heterocycles. The fraction of sp³-hybridized carbons (Fsp3) is 0.400. The van der Waals surface area contributed by atoms with Crippen molar-refractivity contribution >= 4 is 39.8 Å². The number of alkyl halides is 1. The summed E-state index contributed by atoms with van der Waals surface area (Å²) in [6.45, 7) is 1.93. The number of carbonyl (C=O) groups is 2. The second-order valence-electron chi connectivity index (χ2n) is 3.36. The molecular weight excluding hydrogens is 248 g/mol. The number of likely N-dealkylation sites (N-methyl/N-ethyl adjacent to an activating group) is 1. The van der Waals surface area contributed by atoms with E-state index in [1.807, 2.05) is 18.4 Å². The van der Waals surface area contributed by atoms with Gasteiger partial charge in [-0.25, -0.2) is 0 Å². The lowest BCUT2D eigenvalue weighted by Gasteiger charge is -2.14. The SMILES string of the molecule is Cc1ccsc1NC(=O)CN(C)C(=O)CCl. The van der Waals surface area contributed by atoms with E-state index >= 15 is 0 Å². The lowest BCUT2D eigenvalue weighted by atomic mass is 10.3. The maximum atomic E-state index is 11.6. The molecule has 0 unspecified atom stereocenters. The molecule has 88 valence electrons. The van der Waals surface area contributed by atoms with Gasteiger partial charge >= 0.3 is 0 Å². The number of hydrogen-bond acceptors (Lipinski definition) is 3. The minimum atomic E-state index is -0.264. The molecule has 1 rings (SSSR count). The van der Waals surface area contributed by atoms with Crippen LogP contribution in [-0.4, -0.2) is 36.2 Å². The number of carbonyl (C=O) groups excluding carboxylic acids is 2. The summed E-state index contributed by atoms with van der Waals surface area (Å²) in [6, 6.07) is 1.92. The molecule has 0 atom stereocenters. The second kappa shape index (κ2) is 5.86. The largest absolute Gasteiger partial charge is 0.335 e. The predicted octanol–water partition coefficient (Wildman–Crippen LogP) is 1.69. The lowest BCUT2D eigenvalue weighted by molar-refractivity contribution is -0.131. The number of rotatable bonds is 4. The smallest absolute Gasteiger partial charge is 0.244 e. The van der Waals surface area contributed by atoms with Crippen molar-refractivity contribution < 1.29 is 9.59 Å². The highest BCUT2D eigenvalue weighted by Gasteiger charge is 2.12. The molecule has 0 spiro atoms. The van der Waals surface area contributed by atoms with Crippen LogP contribution in [0.15, 0.2) is 11.4 Å². The summed E-state index contributed by atoms with van der Waals surface area (Å²) < 4.78 is 0. The van der Waals surface area contributed by atoms with E-state index in [1.54, 1.807) is 7.05 Å². The van der Waals surface area contributed by atoms with Gasteiger partial charge in [0.05, 0.1) is 11.5 Å². The molecule has 0 aliphatic carbocycles. The number of hydrogen-bond donors (Lipinski definition) is 1. The van der Waals surface area contributed by atoms with Crippen LogP contribution in [-0.2, 0) is 9.59 Å². The van der Waals surface area contributed by atoms with Crippen molar-refractivity contribution in [3.05, 3.63) is 17.0 Å². The molecule has 0 bridgehead atoms. The Balaban J connectivity index is 2.48. The van der Waals surface area contributed by atoms with Crippen LogP contribution in [0.1, 0.15) is 5.56 Å².